The lowest BCUT2D eigenvalue weighted by Crippen LogP contribution is -2.46. The second-order valence-corrected chi connectivity index (χ2v) is 18.0. The number of aromatic nitrogens is 3. The lowest BCUT2D eigenvalue weighted by molar-refractivity contribution is 0.00793. The van der Waals surface area contributed by atoms with Crippen molar-refractivity contribution in [2.24, 2.45) is 0 Å². The third-order valence-electron chi connectivity index (χ3n) is 5.93. The van der Waals surface area contributed by atoms with Gasteiger partial charge in [-0.15, -0.1) is 11.3 Å². The molecule has 10 heteroatoms. The van der Waals surface area contributed by atoms with Crippen molar-refractivity contribution in [2.75, 3.05) is 19.7 Å². The Morgan fingerprint density at radius 1 is 1.22 bits per heavy atom. The van der Waals surface area contributed by atoms with Gasteiger partial charge in [0.2, 0.25) is 0 Å². The number of pyridine rings is 1. The van der Waals surface area contributed by atoms with E-state index in [0.29, 0.717) is 19.8 Å². The van der Waals surface area contributed by atoms with Crippen LogP contribution in [0.15, 0.2) is 30.0 Å². The van der Waals surface area contributed by atoms with Crippen molar-refractivity contribution in [1.29, 1.82) is 0 Å². The van der Waals surface area contributed by atoms with Gasteiger partial charge in [0.05, 0.1) is 11.9 Å². The molecule has 0 aliphatic carbocycles. The summed E-state index contributed by atoms with van der Waals surface area (Å²) in [6.07, 6.45) is 6.96. The van der Waals surface area contributed by atoms with E-state index in [9.17, 15) is 4.79 Å². The third-order valence-corrected chi connectivity index (χ3v) is 8.44. The summed E-state index contributed by atoms with van der Waals surface area (Å²) in [4.78, 5) is 23.6. The molecule has 0 bridgehead atoms. The van der Waals surface area contributed by atoms with E-state index in [1.165, 1.54) is 0 Å². The maximum atomic E-state index is 12.6. The zero-order valence-corrected chi connectivity index (χ0v) is 24.1. The number of rotatable bonds is 8. The number of ether oxygens (including phenoxy) is 3. The average Bonchev–Trinajstić information content (AvgIpc) is 3.44. The second kappa shape index (κ2) is 10.9. The molecule has 4 rings (SSSR count). The highest BCUT2D eigenvalue weighted by Gasteiger charge is 2.29. The minimum Gasteiger partial charge on any atom is -0.488 e. The van der Waals surface area contributed by atoms with Gasteiger partial charge < -0.3 is 23.7 Å². The Morgan fingerprint density at radius 3 is 2.72 bits per heavy atom. The van der Waals surface area contributed by atoms with E-state index < -0.39 is 13.7 Å². The molecule has 3 aromatic heterocycles. The van der Waals surface area contributed by atoms with Crippen molar-refractivity contribution in [3.63, 3.8) is 0 Å². The summed E-state index contributed by atoms with van der Waals surface area (Å²) in [5.41, 5.74) is 1.27. The highest BCUT2D eigenvalue weighted by atomic mass is 32.1. The molecule has 8 nitrogen and oxygen atoms in total. The molecule has 1 atom stereocenters. The van der Waals surface area contributed by atoms with Crippen molar-refractivity contribution in [2.45, 2.75) is 77.7 Å². The summed E-state index contributed by atoms with van der Waals surface area (Å²) < 4.78 is 20.2. The van der Waals surface area contributed by atoms with E-state index in [2.05, 4.69) is 35.8 Å². The van der Waals surface area contributed by atoms with Crippen LogP contribution in [0.3, 0.4) is 0 Å². The normalized spacial score (nSPS) is 16.9. The van der Waals surface area contributed by atoms with Crippen molar-refractivity contribution in [3.05, 3.63) is 30.0 Å². The number of carbonyl (C=O) groups is 1. The molecule has 1 aliphatic rings. The monoisotopic (exact) mass is 530 g/mol. The number of thiazole rings is 1. The lowest BCUT2D eigenvalue weighted by Gasteiger charge is -2.34. The van der Waals surface area contributed by atoms with Gasteiger partial charge in [0, 0.05) is 50.8 Å². The highest BCUT2D eigenvalue weighted by molar-refractivity contribution is 7.13. The number of amides is 1. The zero-order chi connectivity index (χ0) is 25.9. The molecule has 0 radical (unpaired) electrons. The van der Waals surface area contributed by atoms with Gasteiger partial charge in [-0.2, -0.15) is 0 Å². The van der Waals surface area contributed by atoms with Crippen LogP contribution >= 0.6 is 11.3 Å². The molecule has 1 aliphatic heterocycles. The smallest absolute Gasteiger partial charge is 0.410 e. The van der Waals surface area contributed by atoms with Gasteiger partial charge in [-0.1, -0.05) is 19.6 Å². The van der Waals surface area contributed by atoms with Gasteiger partial charge in [0.15, 0.2) is 0 Å². The fourth-order valence-electron chi connectivity index (χ4n) is 4.15. The van der Waals surface area contributed by atoms with Crippen LogP contribution in [-0.2, 0) is 16.2 Å². The van der Waals surface area contributed by atoms with E-state index in [4.69, 9.17) is 14.2 Å². The Bertz CT molecular complexity index is 1170. The molecular weight excluding hydrogens is 492 g/mol. The fourth-order valence-corrected chi connectivity index (χ4v) is 5.56. The summed E-state index contributed by atoms with van der Waals surface area (Å²) in [5.74, 6) is 0.752. The molecule has 0 aromatic carbocycles. The average molecular weight is 531 g/mol. The van der Waals surface area contributed by atoms with Crippen LogP contribution in [0.25, 0.3) is 21.6 Å². The first kappa shape index (κ1) is 26.6. The van der Waals surface area contributed by atoms with E-state index in [1.54, 1.807) is 22.4 Å². The Kier molecular flexibility index (Phi) is 8.06. The van der Waals surface area contributed by atoms with Crippen LogP contribution in [0.1, 0.15) is 33.6 Å². The molecule has 0 unspecified atom stereocenters. The van der Waals surface area contributed by atoms with E-state index in [0.717, 1.165) is 52.8 Å². The van der Waals surface area contributed by atoms with Crippen LogP contribution in [0.4, 0.5) is 4.79 Å². The summed E-state index contributed by atoms with van der Waals surface area (Å²) in [6.45, 7) is 15.0. The topological polar surface area (TPSA) is 78.7 Å². The number of carbonyl (C=O) groups excluding carboxylic acids is 1. The van der Waals surface area contributed by atoms with Gasteiger partial charge >= 0.3 is 6.09 Å². The quantitative estimate of drug-likeness (QED) is 0.253. The van der Waals surface area contributed by atoms with Crippen molar-refractivity contribution < 1.29 is 19.0 Å². The largest absolute Gasteiger partial charge is 0.488 e. The van der Waals surface area contributed by atoms with Crippen LogP contribution in [0, 0.1) is 0 Å². The predicted octanol–water partition coefficient (Wildman–Crippen LogP) is 6.25. The van der Waals surface area contributed by atoms with Crippen molar-refractivity contribution >= 4 is 36.5 Å². The fraction of sp³-hybridized carbons (Fsp3) is 0.577. The van der Waals surface area contributed by atoms with E-state index in [-0.39, 0.29) is 12.2 Å². The van der Waals surface area contributed by atoms with Gasteiger partial charge in [0.25, 0.3) is 0 Å². The first-order valence-corrected chi connectivity index (χ1v) is 17.2. The van der Waals surface area contributed by atoms with Crippen molar-refractivity contribution in [1.82, 2.24) is 19.4 Å². The molecule has 1 fully saturated rings. The number of fused-ring (bicyclic) bond motifs is 1. The maximum absolute atomic E-state index is 12.6. The van der Waals surface area contributed by atoms with Crippen LogP contribution in [-0.4, -0.2) is 65.0 Å². The molecule has 0 N–H and O–H groups in total. The number of piperidine rings is 1. The molecule has 1 amide bonds. The first-order valence-electron chi connectivity index (χ1n) is 12.6. The Morgan fingerprint density at radius 2 is 2.03 bits per heavy atom. The number of likely N-dealkylation sites (tertiary alicyclic amines) is 1. The zero-order valence-electron chi connectivity index (χ0n) is 22.2. The van der Waals surface area contributed by atoms with Gasteiger partial charge in [-0.05, 0) is 45.7 Å². The highest BCUT2D eigenvalue weighted by Crippen LogP contribution is 2.38. The van der Waals surface area contributed by atoms with Gasteiger partial charge in [0.1, 0.15) is 34.8 Å². The molecular formula is C26H38N4O4SSi. The second-order valence-electron chi connectivity index (χ2n) is 11.5. The molecule has 1 saturated heterocycles. The minimum atomic E-state index is -1.16. The van der Waals surface area contributed by atoms with Crippen LogP contribution in [0.5, 0.6) is 5.75 Å². The number of nitrogens with zero attached hydrogens (tertiary/aromatic N) is 4. The standard InChI is InChI=1S/C26H38N4O4SSi/c1-26(2,3)34-25(31)29-12-7-8-19(16-29)33-21-9-10-27-23-22(21)20(24-28-11-14-35-24)17-30(23)18-32-13-15-36(4,5)6/h9-11,14,17,19H,7-8,12-13,15-16,18H2,1-6H3/t19-/m1/s1. The molecule has 0 saturated carbocycles. The summed E-state index contributed by atoms with van der Waals surface area (Å²) in [5, 5.41) is 3.81. The van der Waals surface area contributed by atoms with E-state index in [1.807, 2.05) is 43.0 Å². The SMILES string of the molecule is CC(C)(C)OC(=O)N1CCC[C@@H](Oc2ccnc3c2c(-c2nccs2)cn3COCC[Si](C)(C)C)C1. The Hall–Kier alpha value is -2.43. The number of hydrogen-bond acceptors (Lipinski definition) is 7. The van der Waals surface area contributed by atoms with Gasteiger partial charge in [-0.25, -0.2) is 14.8 Å². The molecule has 4 heterocycles. The van der Waals surface area contributed by atoms with Crippen molar-refractivity contribution in [3.8, 4) is 16.3 Å². The van der Waals surface area contributed by atoms with Crippen LogP contribution in [0.2, 0.25) is 25.7 Å². The van der Waals surface area contributed by atoms with Crippen LogP contribution < -0.4 is 4.74 Å². The minimum absolute atomic E-state index is 0.127. The number of hydrogen-bond donors (Lipinski definition) is 0. The van der Waals surface area contributed by atoms with E-state index >= 15 is 0 Å². The Balaban J connectivity index is 1.57. The summed E-state index contributed by atoms with van der Waals surface area (Å²) in [6, 6.07) is 3.02. The summed E-state index contributed by atoms with van der Waals surface area (Å²) >= 11 is 1.59. The molecule has 0 spiro atoms. The lowest BCUT2D eigenvalue weighted by atomic mass is 10.1. The molecule has 36 heavy (non-hydrogen) atoms. The molecule has 3 aromatic rings. The third kappa shape index (κ3) is 6.86. The van der Waals surface area contributed by atoms with Gasteiger partial charge in [-0.3, -0.25) is 0 Å². The Labute approximate surface area is 218 Å². The predicted molar refractivity (Wildman–Crippen MR) is 146 cm³/mol. The maximum Gasteiger partial charge on any atom is 0.410 e. The molecule has 196 valence electrons. The summed E-state index contributed by atoms with van der Waals surface area (Å²) in [7, 11) is -1.16. The first-order chi connectivity index (χ1) is 17.0.